The number of hydrogen-bond donors (Lipinski definition) is 0. The van der Waals surface area contributed by atoms with Gasteiger partial charge in [-0.1, -0.05) is 13.3 Å². The zero-order valence-corrected chi connectivity index (χ0v) is 10.5. The largest absolute Gasteiger partial charge is 0.577 e. The minimum absolute atomic E-state index is 1.16. The van der Waals surface area contributed by atoms with Crippen LogP contribution in [0.15, 0.2) is 24.3 Å². The normalized spacial score (nSPS) is 6.36. The predicted octanol–water partition coefficient (Wildman–Crippen LogP) is 1.49. The van der Waals surface area contributed by atoms with Crippen molar-refractivity contribution in [3.8, 4) is 0 Å². The van der Waals surface area contributed by atoms with Crippen LogP contribution in [0.25, 0.3) is 5.59 Å². The second kappa shape index (κ2) is 14.3. The summed E-state index contributed by atoms with van der Waals surface area (Å²) in [6.45, 7) is 2.16. The molecule has 76 valence electrons. The maximum absolute atomic E-state index is 9.09. The first-order valence-corrected chi connectivity index (χ1v) is 6.57. The van der Waals surface area contributed by atoms with E-state index in [9.17, 15) is 0 Å². The molecule has 0 saturated heterocycles. The molecule has 0 bridgehead atoms. The van der Waals surface area contributed by atoms with Crippen molar-refractivity contribution in [2.24, 2.45) is 0 Å². The number of hydrogen-bond acceptors (Lipinski definition) is 3. The first kappa shape index (κ1) is 15.3. The summed E-state index contributed by atoms with van der Waals surface area (Å²) < 4.78 is 3.02. The van der Waals surface area contributed by atoms with Crippen LogP contribution in [-0.4, -0.2) is 8.53 Å². The van der Waals surface area contributed by atoms with E-state index in [0.29, 0.717) is 0 Å². The van der Waals surface area contributed by atoms with Crippen LogP contribution < -0.4 is 0 Å². The Morgan fingerprint density at radius 1 is 1.21 bits per heavy atom. The second-order valence-electron chi connectivity index (χ2n) is 1.92. The van der Waals surface area contributed by atoms with E-state index in [2.05, 4.69) is 31.2 Å². The fraction of sp³-hybridized carbons (Fsp3) is 0.222. The number of rotatable bonds is 1. The summed E-state index contributed by atoms with van der Waals surface area (Å²) in [5, 5.41) is 0. The summed E-state index contributed by atoms with van der Waals surface area (Å²) in [5.74, 6) is 0. The van der Waals surface area contributed by atoms with E-state index in [4.69, 9.17) is 20.1 Å². The van der Waals surface area contributed by atoms with Crippen LogP contribution in [0.3, 0.4) is 0 Å². The van der Waals surface area contributed by atoms with Gasteiger partial charge in [0.25, 0.3) is 0 Å². The van der Waals surface area contributed by atoms with Gasteiger partial charge in [-0.15, -0.1) is 0 Å². The zero-order chi connectivity index (χ0) is 11.2. The van der Waals surface area contributed by atoms with Gasteiger partial charge in [0.05, 0.1) is 0 Å². The Morgan fingerprint density at radius 2 is 1.64 bits per heavy atom. The van der Waals surface area contributed by atoms with Crippen LogP contribution in [0.5, 0.6) is 0 Å². The molecule has 0 spiro atoms. The van der Waals surface area contributed by atoms with E-state index < -0.39 is 17.6 Å². The van der Waals surface area contributed by atoms with Crippen LogP contribution in [-0.2, 0) is 33.7 Å². The average Bonchev–Trinajstić information content (AvgIpc) is 2.75. The fourth-order valence-electron chi connectivity index (χ4n) is 0.667. The van der Waals surface area contributed by atoms with Gasteiger partial charge in [-0.05, 0) is 0 Å². The van der Waals surface area contributed by atoms with Crippen LogP contribution in [0, 0.1) is 4.91 Å². The van der Waals surface area contributed by atoms with E-state index in [0.717, 1.165) is 6.42 Å². The third-order valence-electron chi connectivity index (χ3n) is 1.22. The van der Waals surface area contributed by atoms with Crippen molar-refractivity contribution in [1.29, 1.82) is 0 Å². The van der Waals surface area contributed by atoms with Crippen LogP contribution >= 0.6 is 0 Å². The van der Waals surface area contributed by atoms with E-state index >= 15 is 0 Å². The summed E-state index contributed by atoms with van der Waals surface area (Å²) in [6.07, 6.45) is 1.16. The molecule has 14 heavy (non-hydrogen) atoms. The number of carbonyl (C=O) groups excluding carboxylic acids is 2. The molecule has 0 aromatic heterocycles. The molecule has 1 rings (SSSR count). The van der Waals surface area contributed by atoms with Crippen molar-refractivity contribution in [3.05, 3.63) is 40.3 Å². The molecule has 0 saturated carbocycles. The molecule has 0 N–H and O–H groups in total. The van der Waals surface area contributed by atoms with Gasteiger partial charge in [0.1, 0.15) is 0 Å². The SMILES string of the molecule is CC[c-]1cccc1.O=[C]=[W]=[C]=O.[N-]=O. The Morgan fingerprint density at radius 3 is 1.79 bits per heavy atom. The monoisotopic (exact) mass is 363 g/mol. The van der Waals surface area contributed by atoms with Gasteiger partial charge in [0, 0.05) is 0 Å². The van der Waals surface area contributed by atoms with Crippen molar-refractivity contribution in [1.82, 2.24) is 0 Å². The third-order valence-corrected chi connectivity index (χ3v) is 1.82. The molecule has 5 heteroatoms. The van der Waals surface area contributed by atoms with Crippen molar-refractivity contribution >= 4 is 8.53 Å². The van der Waals surface area contributed by atoms with E-state index in [-0.39, 0.29) is 0 Å². The standard InChI is InChI=1S/C7H9.2CO.NO.W/c1-2-7-5-3-4-6-7;3*1-2;/h3-6H,2H2,1H3;;;;/q-1;;;-1;. The van der Waals surface area contributed by atoms with Gasteiger partial charge >= 0.3 is 35.8 Å². The maximum atomic E-state index is 9.09. The summed E-state index contributed by atoms with van der Waals surface area (Å²) >= 11 is -1.37. The smallest absolute Gasteiger partial charge is 0.423 e. The molecule has 0 atom stereocenters. The Hall–Kier alpha value is -1.20. The van der Waals surface area contributed by atoms with Crippen LogP contribution in [0.1, 0.15) is 12.5 Å². The molecule has 0 fully saturated rings. The van der Waals surface area contributed by atoms with Crippen molar-refractivity contribution in [3.63, 3.8) is 0 Å². The molecular weight excluding hydrogens is 354 g/mol. The van der Waals surface area contributed by atoms with Crippen molar-refractivity contribution < 1.29 is 27.2 Å². The van der Waals surface area contributed by atoms with Crippen LogP contribution in [0.2, 0.25) is 0 Å². The molecule has 0 aliphatic heterocycles. The summed E-state index contributed by atoms with van der Waals surface area (Å²) in [5.41, 5.74) is 7.18. The molecule has 0 amide bonds. The van der Waals surface area contributed by atoms with E-state index in [1.54, 1.807) is 0 Å². The zero-order valence-electron chi connectivity index (χ0n) is 7.60. The molecule has 0 heterocycles. The molecule has 1 aromatic carbocycles. The first-order chi connectivity index (χ1) is 6.85. The summed E-state index contributed by atoms with van der Waals surface area (Å²) in [7, 11) is 0. The first-order valence-electron chi connectivity index (χ1n) is 3.64. The molecule has 0 aliphatic rings. The number of nitrogens with zero attached hydrogens (tertiary/aromatic N) is 1. The molecular formula is C9H9NO3W-2. The minimum Gasteiger partial charge on any atom is -0.577 e. The maximum Gasteiger partial charge on any atom is -0.423 e. The van der Waals surface area contributed by atoms with E-state index in [1.807, 2.05) is 0 Å². The Kier molecular flexibility index (Phi) is 15.6. The Labute approximate surface area is 89.6 Å². The molecule has 0 radical (unpaired) electrons. The van der Waals surface area contributed by atoms with Crippen LogP contribution in [0.4, 0.5) is 0 Å². The van der Waals surface area contributed by atoms with Gasteiger partial charge in [-0.3, -0.25) is 0 Å². The van der Waals surface area contributed by atoms with Gasteiger partial charge in [-0.25, -0.2) is 12.1 Å². The molecule has 1 aromatic rings. The van der Waals surface area contributed by atoms with Crippen molar-refractivity contribution in [2.45, 2.75) is 13.3 Å². The Balaban J connectivity index is 0. The molecule has 0 aliphatic carbocycles. The van der Waals surface area contributed by atoms with Gasteiger partial charge in [-0.2, -0.15) is 17.7 Å². The number of nitroso groups, excluding NO2 is 1. The predicted molar refractivity (Wildman–Crippen MR) is 49.5 cm³/mol. The fourth-order valence-corrected chi connectivity index (χ4v) is 0.789. The van der Waals surface area contributed by atoms with Gasteiger partial charge in [0.15, 0.2) is 0 Å². The van der Waals surface area contributed by atoms with Gasteiger partial charge in [0.2, 0.25) is 0 Å². The topological polar surface area (TPSA) is 73.5 Å². The second-order valence-corrected chi connectivity index (χ2v) is 3.85. The Bertz CT molecular complexity index is 306. The number of aryl methyl sites for hydroxylation is 1. The minimum atomic E-state index is -1.37. The summed E-state index contributed by atoms with van der Waals surface area (Å²) in [6, 6.07) is 8.41. The molecule has 0 unspecified atom stereocenters. The quantitative estimate of drug-likeness (QED) is 0.710. The third kappa shape index (κ3) is 10.8. The summed E-state index contributed by atoms with van der Waals surface area (Å²) in [4.78, 5) is 25.4. The van der Waals surface area contributed by atoms with E-state index in [1.165, 1.54) is 14.1 Å². The van der Waals surface area contributed by atoms with Gasteiger partial charge < -0.3 is 10.5 Å². The van der Waals surface area contributed by atoms with Crippen molar-refractivity contribution in [2.75, 3.05) is 0 Å². The molecule has 4 nitrogen and oxygen atoms in total. The average molecular weight is 363 g/mol.